The summed E-state index contributed by atoms with van der Waals surface area (Å²) in [7, 11) is 5.50. The number of amides is 11. The molecule has 0 atom stereocenters. The number of halogens is 1. The maximum absolute atomic E-state index is 12.0. The van der Waals surface area contributed by atoms with Gasteiger partial charge >= 0.3 is 48.1 Å². The van der Waals surface area contributed by atoms with Crippen LogP contribution in [-0.2, 0) is 19.5 Å². The highest BCUT2D eigenvalue weighted by molar-refractivity contribution is 9.08. The van der Waals surface area contributed by atoms with Crippen LogP contribution in [-0.4, -0.2) is 82.3 Å². The molecule has 5 aromatic heterocycles. The van der Waals surface area contributed by atoms with Crippen molar-refractivity contribution in [2.24, 2.45) is 0 Å². The topological polar surface area (TPSA) is 314 Å². The predicted octanol–water partition coefficient (Wildman–Crippen LogP) is 20.3. The summed E-state index contributed by atoms with van der Waals surface area (Å²) in [5.74, 6) is -1.60. The van der Waals surface area contributed by atoms with Crippen LogP contribution in [0.15, 0.2) is 152 Å². The second-order valence-electron chi connectivity index (χ2n) is 22.5. The number of ether oxygens (including phenoxy) is 3. The van der Waals surface area contributed by atoms with Crippen molar-refractivity contribution in [3.05, 3.63) is 228 Å². The molecule has 0 spiro atoms. The lowest BCUT2D eigenvalue weighted by Crippen LogP contribution is -2.22. The molecule has 5 heterocycles. The van der Waals surface area contributed by atoms with Gasteiger partial charge in [0.15, 0.2) is 0 Å². The van der Waals surface area contributed by atoms with E-state index in [1.807, 2.05) is 197 Å². The van der Waals surface area contributed by atoms with E-state index in [1.54, 1.807) is 42.6 Å². The Labute approximate surface area is 633 Å². The summed E-state index contributed by atoms with van der Waals surface area (Å²) in [5.41, 5.74) is 11.9. The number of benzene rings is 5. The Morgan fingerprint density at radius 3 is 0.798 bits per heavy atom. The van der Waals surface area contributed by atoms with Gasteiger partial charge in [-0.25, -0.2) is 38.4 Å². The second-order valence-corrected chi connectivity index (χ2v) is 29.4. The van der Waals surface area contributed by atoms with E-state index in [-0.39, 0.29) is 25.4 Å². The molecule has 104 heavy (non-hydrogen) atoms. The Morgan fingerprint density at radius 2 is 0.548 bits per heavy atom. The van der Waals surface area contributed by atoms with Gasteiger partial charge in [-0.3, -0.25) is 4.79 Å². The first-order valence-electron chi connectivity index (χ1n) is 31.3. The minimum Gasteiger partial charge on any atom is -0.465 e. The second kappa shape index (κ2) is 41.4. The van der Waals surface area contributed by atoms with Gasteiger partial charge in [0.1, 0.15) is 19.5 Å². The molecule has 29 heteroatoms. The summed E-state index contributed by atoms with van der Waals surface area (Å²) in [5, 5.41) is 30.4. The van der Waals surface area contributed by atoms with E-state index in [9.17, 15) is 43.2 Å². The number of methoxy groups -OCH3 is 3. The van der Waals surface area contributed by atoms with Gasteiger partial charge in [-0.1, -0.05) is 112 Å². The molecule has 0 bridgehead atoms. The van der Waals surface area contributed by atoms with Gasteiger partial charge in [-0.15, -0.1) is 56.7 Å². The average molecular weight is 1570 g/mol. The fraction of sp³-hybridized carbons (Fsp3) is 0.213. The molecule has 0 fully saturated rings. The van der Waals surface area contributed by atoms with E-state index in [0.29, 0.717) is 70.3 Å². The van der Waals surface area contributed by atoms with Crippen LogP contribution in [0.3, 0.4) is 0 Å². The highest BCUT2D eigenvalue weighted by Crippen LogP contribution is 2.33. The first kappa shape index (κ1) is 84.0. The number of urea groups is 5. The maximum atomic E-state index is 12.0. The molecule has 0 radical (unpaired) electrons. The van der Waals surface area contributed by atoms with Crippen LogP contribution < -0.4 is 58.5 Å². The number of carbonyl (C=O) groups is 9. The average Bonchev–Trinajstić information content (AvgIpc) is 1.72. The Bertz CT molecular complexity index is 4290. The molecule has 0 saturated carbocycles. The molecule has 10 aromatic rings. The standard InChI is InChI=1S/C15H15BrN2O3S.C15H17N3O2S.2C15H16N2O3S.C14H16N2OS.CH4/c1-9-3-5-10(6-4-9)17-15(20)18-12-7-11(8-16)22-13(12)14(19)21-2;1-9-4-6-11(7-5-9)17-15(20)18-12-8-10(2)21-13(12)14(19)16-3;2*1-9-4-6-11(7-5-9)16-15(19)17-12-8-10(2)21-13(12)14(18)20-3;1-9-4-6-12(7-5-9)15-14(17)16-13-8-10(2)18-11(13)3;/h3-7H,8H2,1-2H3,(H2,17,18,20);4-8H,1-3H3,(H,16,19)(H2,17,18,20);2*4-8H,1-3H3,(H2,16,17,19);4-8H,1-3H3,(H2,15,16,17);1H4. The molecular formula is C75H84BrN11O12S5. The maximum Gasteiger partial charge on any atom is 0.350 e. The van der Waals surface area contributed by atoms with Crippen molar-refractivity contribution < 1.29 is 57.4 Å². The van der Waals surface area contributed by atoms with Crippen LogP contribution in [0.25, 0.3) is 0 Å². The molecule has 0 aliphatic carbocycles. The SMILES string of the molecule is C.CNC(=O)c1sc(C)cc1NC(=O)Nc1ccc(C)cc1.COC(=O)c1sc(C)cc1NC(=O)Nc1ccc(C)cc1.COC(=O)c1sc(C)cc1NC(=O)Nc1ccc(C)cc1.COC(=O)c1sc(CBr)cc1NC(=O)Nc1ccc(C)cc1.Cc1ccc(NC(=O)Nc2cc(C)sc2C)cc1. The predicted molar refractivity (Wildman–Crippen MR) is 431 cm³/mol. The number of nitrogens with one attached hydrogen (secondary N) is 11. The van der Waals surface area contributed by atoms with Gasteiger partial charge in [0.05, 0.1) is 49.8 Å². The summed E-state index contributed by atoms with van der Waals surface area (Å²) >= 11 is 10.2. The molecule has 23 nitrogen and oxygen atoms in total. The summed E-state index contributed by atoms with van der Waals surface area (Å²) < 4.78 is 14.1. The van der Waals surface area contributed by atoms with Crippen LogP contribution in [0.5, 0.6) is 0 Å². The van der Waals surface area contributed by atoms with Crippen LogP contribution in [0.2, 0.25) is 0 Å². The third-order valence-electron chi connectivity index (χ3n) is 13.9. The number of alkyl halides is 1. The summed E-state index contributed by atoms with van der Waals surface area (Å²) in [6.45, 7) is 19.6. The van der Waals surface area contributed by atoms with E-state index >= 15 is 0 Å². The zero-order valence-electron chi connectivity index (χ0n) is 59.0. The van der Waals surface area contributed by atoms with Crippen molar-refractivity contribution in [3.63, 3.8) is 0 Å². The number of carbonyl (C=O) groups excluding carboxylic acids is 9. The van der Waals surface area contributed by atoms with Gasteiger partial charge in [-0.05, 0) is 160 Å². The first-order chi connectivity index (χ1) is 49.0. The summed E-state index contributed by atoms with van der Waals surface area (Å²) in [6.07, 6.45) is 0. The molecule has 0 aliphatic rings. The van der Waals surface area contributed by atoms with E-state index in [0.717, 1.165) is 58.0 Å². The Balaban J connectivity index is 0.000000233. The van der Waals surface area contributed by atoms with Crippen molar-refractivity contribution in [1.82, 2.24) is 5.32 Å². The zero-order valence-corrected chi connectivity index (χ0v) is 64.6. The highest BCUT2D eigenvalue weighted by Gasteiger charge is 2.22. The lowest BCUT2D eigenvalue weighted by Gasteiger charge is -2.08. The fourth-order valence-electron chi connectivity index (χ4n) is 8.80. The van der Waals surface area contributed by atoms with Crippen molar-refractivity contribution in [3.8, 4) is 0 Å². The monoisotopic (exact) mass is 1570 g/mol. The lowest BCUT2D eigenvalue weighted by molar-refractivity contribution is 0.0598. The van der Waals surface area contributed by atoms with Crippen LogP contribution in [0, 0.1) is 69.2 Å². The van der Waals surface area contributed by atoms with E-state index < -0.39 is 36.0 Å². The Kier molecular flexibility index (Phi) is 33.4. The van der Waals surface area contributed by atoms with Gasteiger partial charge in [0.25, 0.3) is 5.91 Å². The van der Waals surface area contributed by atoms with Gasteiger partial charge in [-0.2, -0.15) is 0 Å². The lowest BCUT2D eigenvalue weighted by atomic mass is 10.2. The molecule has 0 aliphatic heterocycles. The van der Waals surface area contributed by atoms with Crippen LogP contribution >= 0.6 is 72.6 Å². The van der Waals surface area contributed by atoms with Gasteiger partial charge in [0.2, 0.25) is 0 Å². The Hall–Kier alpha value is -10.7. The zero-order chi connectivity index (χ0) is 75.4. The third-order valence-corrected chi connectivity index (χ3v) is 20.0. The molecule has 11 amide bonds. The molecule has 10 rings (SSSR count). The minimum absolute atomic E-state index is 0. The largest absolute Gasteiger partial charge is 0.465 e. The molecule has 0 saturated heterocycles. The van der Waals surface area contributed by atoms with Crippen molar-refractivity contribution in [2.45, 2.75) is 82.0 Å². The molecular weight excluding hydrogens is 1490 g/mol. The summed E-state index contributed by atoms with van der Waals surface area (Å²) in [4.78, 5) is 114. The quantitative estimate of drug-likeness (QED) is 0.0259. The van der Waals surface area contributed by atoms with Crippen molar-refractivity contribution in [1.29, 1.82) is 0 Å². The fourth-order valence-corrected chi connectivity index (χ4v) is 13.7. The summed E-state index contributed by atoms with van der Waals surface area (Å²) in [6, 6.07) is 44.7. The van der Waals surface area contributed by atoms with Crippen molar-refractivity contribution in [2.75, 3.05) is 81.5 Å². The number of hydrogen-bond donors (Lipinski definition) is 11. The van der Waals surface area contributed by atoms with Crippen LogP contribution in [0.1, 0.15) is 103 Å². The first-order valence-corrected chi connectivity index (χ1v) is 36.5. The number of aryl methyl sites for hydroxylation is 10. The van der Waals surface area contributed by atoms with Gasteiger partial charge < -0.3 is 72.7 Å². The van der Waals surface area contributed by atoms with Crippen LogP contribution in [0.4, 0.5) is 80.8 Å². The molecule has 548 valence electrons. The minimum atomic E-state index is -0.470. The third kappa shape index (κ3) is 27.3. The smallest absolute Gasteiger partial charge is 0.350 e. The number of hydrogen-bond acceptors (Lipinski definition) is 17. The van der Waals surface area contributed by atoms with Gasteiger partial charge in [0, 0.05) is 70.1 Å². The number of thiophene rings is 5. The van der Waals surface area contributed by atoms with Crippen molar-refractivity contribution >= 4 is 183 Å². The highest BCUT2D eigenvalue weighted by atomic mass is 79.9. The molecule has 0 unspecified atom stereocenters. The van der Waals surface area contributed by atoms with E-state index in [1.165, 1.54) is 77.1 Å². The molecule has 5 aromatic carbocycles. The van der Waals surface area contributed by atoms with E-state index in [4.69, 9.17) is 14.2 Å². The van der Waals surface area contributed by atoms with E-state index in [2.05, 4.69) is 74.4 Å². The number of rotatable bonds is 15. The normalized spacial score (nSPS) is 9.99. The number of anilines is 10. The Morgan fingerprint density at radius 1 is 0.317 bits per heavy atom. The number of esters is 3. The molecule has 11 N–H and O–H groups in total.